The van der Waals surface area contributed by atoms with Gasteiger partial charge in [-0.15, -0.1) is 0 Å². The molecule has 0 radical (unpaired) electrons. The van der Waals surface area contributed by atoms with E-state index in [1.807, 2.05) is 6.07 Å². The number of hydrogen-bond acceptors (Lipinski definition) is 3. The summed E-state index contributed by atoms with van der Waals surface area (Å²) in [6, 6.07) is 5.29. The molecule has 0 unspecified atom stereocenters. The number of alkyl halides is 1. The predicted octanol–water partition coefficient (Wildman–Crippen LogP) is 3.00. The highest BCUT2D eigenvalue weighted by Gasteiger charge is 2.13. The number of ether oxygens (including phenoxy) is 1. The van der Waals surface area contributed by atoms with Crippen molar-refractivity contribution in [1.82, 2.24) is 0 Å². The standard InChI is InChI=1S/C10H7Br2NO2/c1-15-10(14)8-2-7(5-13)6(4-11)3-9(8)12/h2-3H,4H2,1H3. The van der Waals surface area contributed by atoms with E-state index in [1.54, 1.807) is 6.07 Å². The second-order valence-electron chi connectivity index (χ2n) is 2.73. The van der Waals surface area contributed by atoms with E-state index in [0.717, 1.165) is 5.56 Å². The van der Waals surface area contributed by atoms with Gasteiger partial charge in [0.15, 0.2) is 0 Å². The molecule has 0 fully saturated rings. The van der Waals surface area contributed by atoms with E-state index in [1.165, 1.54) is 13.2 Å². The van der Waals surface area contributed by atoms with Crippen LogP contribution in [0.5, 0.6) is 0 Å². The SMILES string of the molecule is COC(=O)c1cc(C#N)c(CBr)cc1Br. The number of esters is 1. The molecule has 1 rings (SSSR count). The van der Waals surface area contributed by atoms with Crippen molar-refractivity contribution in [1.29, 1.82) is 5.26 Å². The van der Waals surface area contributed by atoms with E-state index in [9.17, 15) is 4.79 Å². The van der Waals surface area contributed by atoms with Crippen molar-refractivity contribution in [2.24, 2.45) is 0 Å². The first-order valence-electron chi connectivity index (χ1n) is 4.00. The van der Waals surface area contributed by atoms with E-state index < -0.39 is 5.97 Å². The van der Waals surface area contributed by atoms with Crippen LogP contribution in [0.2, 0.25) is 0 Å². The van der Waals surface area contributed by atoms with E-state index >= 15 is 0 Å². The quantitative estimate of drug-likeness (QED) is 0.618. The fraction of sp³-hybridized carbons (Fsp3) is 0.200. The largest absolute Gasteiger partial charge is 0.465 e. The molecular formula is C10H7Br2NO2. The summed E-state index contributed by atoms with van der Waals surface area (Å²) in [6.45, 7) is 0. The Bertz CT molecular complexity index is 438. The van der Waals surface area contributed by atoms with Crippen molar-refractivity contribution >= 4 is 37.8 Å². The minimum Gasteiger partial charge on any atom is -0.465 e. The fourth-order valence-corrected chi connectivity index (χ4v) is 2.11. The Hall–Kier alpha value is -0.860. The number of hydrogen-bond donors (Lipinski definition) is 0. The summed E-state index contributed by atoms with van der Waals surface area (Å²) < 4.78 is 5.23. The van der Waals surface area contributed by atoms with Crippen molar-refractivity contribution in [3.05, 3.63) is 33.3 Å². The summed E-state index contributed by atoms with van der Waals surface area (Å²) in [5, 5.41) is 9.45. The molecule has 5 heteroatoms. The van der Waals surface area contributed by atoms with Crippen LogP contribution in [0, 0.1) is 11.3 Å². The Morgan fingerprint density at radius 3 is 2.73 bits per heavy atom. The first kappa shape index (κ1) is 12.2. The van der Waals surface area contributed by atoms with Crippen molar-refractivity contribution in [3.63, 3.8) is 0 Å². The monoisotopic (exact) mass is 331 g/mol. The topological polar surface area (TPSA) is 50.1 Å². The molecule has 0 aliphatic heterocycles. The molecular weight excluding hydrogens is 326 g/mol. The van der Waals surface area contributed by atoms with Gasteiger partial charge in [-0.05, 0) is 33.6 Å². The summed E-state index contributed by atoms with van der Waals surface area (Å²) in [5.74, 6) is -0.459. The van der Waals surface area contributed by atoms with Gasteiger partial charge >= 0.3 is 5.97 Å². The Kier molecular flexibility index (Phi) is 4.30. The molecule has 0 aromatic heterocycles. The van der Waals surface area contributed by atoms with Gasteiger partial charge in [0.05, 0.1) is 24.3 Å². The van der Waals surface area contributed by atoms with Crippen LogP contribution in [-0.4, -0.2) is 13.1 Å². The number of carbonyl (C=O) groups excluding carboxylic acids is 1. The number of benzene rings is 1. The molecule has 0 saturated carbocycles. The third-order valence-corrected chi connectivity index (χ3v) is 3.12. The van der Waals surface area contributed by atoms with Gasteiger partial charge in [0.25, 0.3) is 0 Å². The average molecular weight is 333 g/mol. The number of methoxy groups -OCH3 is 1. The van der Waals surface area contributed by atoms with Crippen molar-refractivity contribution in [2.75, 3.05) is 7.11 Å². The van der Waals surface area contributed by atoms with Gasteiger partial charge in [-0.1, -0.05) is 15.9 Å². The highest BCUT2D eigenvalue weighted by atomic mass is 79.9. The first-order valence-corrected chi connectivity index (χ1v) is 5.92. The summed E-state index contributed by atoms with van der Waals surface area (Å²) in [5.41, 5.74) is 1.66. The molecule has 0 aliphatic carbocycles. The molecule has 0 heterocycles. The molecule has 0 saturated heterocycles. The Labute approximate surface area is 104 Å². The summed E-state index contributed by atoms with van der Waals surface area (Å²) in [6.07, 6.45) is 0. The molecule has 3 nitrogen and oxygen atoms in total. The van der Waals surface area contributed by atoms with Gasteiger partial charge in [0.2, 0.25) is 0 Å². The lowest BCUT2D eigenvalue weighted by Crippen LogP contribution is -2.04. The minimum atomic E-state index is -0.459. The highest BCUT2D eigenvalue weighted by molar-refractivity contribution is 9.10. The van der Waals surface area contributed by atoms with Gasteiger partial charge in [-0.3, -0.25) is 0 Å². The van der Waals surface area contributed by atoms with Crippen LogP contribution >= 0.6 is 31.9 Å². The molecule has 1 aromatic rings. The smallest absolute Gasteiger partial charge is 0.339 e. The van der Waals surface area contributed by atoms with Gasteiger partial charge < -0.3 is 4.74 Å². The lowest BCUT2D eigenvalue weighted by Gasteiger charge is -2.06. The van der Waals surface area contributed by atoms with E-state index in [0.29, 0.717) is 20.9 Å². The zero-order valence-corrected chi connectivity index (χ0v) is 11.1. The molecule has 78 valence electrons. The fourth-order valence-electron chi connectivity index (χ4n) is 1.10. The maximum atomic E-state index is 11.3. The molecule has 0 aliphatic rings. The van der Waals surface area contributed by atoms with Crippen LogP contribution in [0.3, 0.4) is 0 Å². The molecule has 1 aromatic carbocycles. The maximum Gasteiger partial charge on any atom is 0.339 e. The molecule has 0 bridgehead atoms. The molecule has 0 N–H and O–H groups in total. The number of nitriles is 1. The van der Waals surface area contributed by atoms with Crippen LogP contribution in [0.25, 0.3) is 0 Å². The van der Waals surface area contributed by atoms with Gasteiger partial charge in [0.1, 0.15) is 0 Å². The third-order valence-electron chi connectivity index (χ3n) is 1.86. The van der Waals surface area contributed by atoms with Crippen LogP contribution in [0.1, 0.15) is 21.5 Å². The number of nitrogens with zero attached hydrogens (tertiary/aromatic N) is 1. The highest BCUT2D eigenvalue weighted by Crippen LogP contribution is 2.24. The predicted molar refractivity (Wildman–Crippen MR) is 62.8 cm³/mol. The van der Waals surface area contributed by atoms with Crippen LogP contribution in [0.4, 0.5) is 0 Å². The van der Waals surface area contributed by atoms with Gasteiger partial charge in [-0.25, -0.2) is 4.79 Å². The second kappa shape index (κ2) is 5.29. The number of carbonyl (C=O) groups is 1. The first-order chi connectivity index (χ1) is 7.13. The summed E-state index contributed by atoms with van der Waals surface area (Å²) in [4.78, 5) is 11.3. The Morgan fingerprint density at radius 2 is 2.27 bits per heavy atom. The molecule has 0 atom stereocenters. The lowest BCUT2D eigenvalue weighted by molar-refractivity contribution is 0.0599. The number of rotatable bonds is 2. The average Bonchev–Trinajstić information content (AvgIpc) is 2.27. The van der Waals surface area contributed by atoms with Crippen LogP contribution in [0.15, 0.2) is 16.6 Å². The van der Waals surface area contributed by atoms with Crippen molar-refractivity contribution in [3.8, 4) is 6.07 Å². The molecule has 0 spiro atoms. The van der Waals surface area contributed by atoms with Gasteiger partial charge in [0, 0.05) is 9.80 Å². The zero-order valence-electron chi connectivity index (χ0n) is 7.88. The maximum absolute atomic E-state index is 11.3. The van der Waals surface area contributed by atoms with Crippen molar-refractivity contribution in [2.45, 2.75) is 5.33 Å². The normalized spacial score (nSPS) is 9.47. The second-order valence-corrected chi connectivity index (χ2v) is 4.14. The van der Waals surface area contributed by atoms with Gasteiger partial charge in [-0.2, -0.15) is 5.26 Å². The van der Waals surface area contributed by atoms with E-state index in [4.69, 9.17) is 5.26 Å². The Morgan fingerprint density at radius 1 is 1.60 bits per heavy atom. The minimum absolute atomic E-state index is 0.360. The van der Waals surface area contributed by atoms with Crippen LogP contribution < -0.4 is 0 Å². The van der Waals surface area contributed by atoms with Crippen LogP contribution in [-0.2, 0) is 10.1 Å². The number of halogens is 2. The summed E-state index contributed by atoms with van der Waals surface area (Å²) in [7, 11) is 1.30. The molecule has 0 amide bonds. The summed E-state index contributed by atoms with van der Waals surface area (Å²) >= 11 is 6.54. The molecule has 15 heavy (non-hydrogen) atoms. The zero-order chi connectivity index (χ0) is 11.4. The van der Waals surface area contributed by atoms with E-state index in [2.05, 4.69) is 36.6 Å². The van der Waals surface area contributed by atoms with E-state index in [-0.39, 0.29) is 0 Å². The Balaban J connectivity index is 3.33. The third kappa shape index (κ3) is 2.58. The lowest BCUT2D eigenvalue weighted by atomic mass is 10.1. The van der Waals surface area contributed by atoms with Crippen molar-refractivity contribution < 1.29 is 9.53 Å².